The number of amides is 1. The van der Waals surface area contributed by atoms with Gasteiger partial charge in [0.05, 0.1) is 11.0 Å². The van der Waals surface area contributed by atoms with Crippen LogP contribution in [0.5, 0.6) is 0 Å². The zero-order valence-electron chi connectivity index (χ0n) is 14.5. The molecular weight excluding hydrogens is 344 g/mol. The quantitative estimate of drug-likeness (QED) is 0.746. The van der Waals surface area contributed by atoms with Crippen LogP contribution in [0, 0.1) is 0 Å². The second kappa shape index (κ2) is 7.83. The van der Waals surface area contributed by atoms with E-state index < -0.39 is 0 Å². The van der Waals surface area contributed by atoms with Gasteiger partial charge < -0.3 is 5.32 Å². The molecule has 4 rings (SSSR count). The van der Waals surface area contributed by atoms with Crippen LogP contribution in [0.3, 0.4) is 0 Å². The van der Waals surface area contributed by atoms with Crippen molar-refractivity contribution in [1.29, 1.82) is 0 Å². The van der Waals surface area contributed by atoms with E-state index in [9.17, 15) is 4.79 Å². The molecule has 0 unspecified atom stereocenters. The zero-order valence-corrected chi connectivity index (χ0v) is 15.4. The molecular formula is C20H22N4OS. The third kappa shape index (κ3) is 4.02. The van der Waals surface area contributed by atoms with E-state index in [1.165, 1.54) is 5.56 Å². The number of hydrogen-bond acceptors (Lipinski definition) is 4. The number of carbonyl (C=O) groups is 1. The van der Waals surface area contributed by atoms with Crippen LogP contribution in [0.25, 0.3) is 0 Å². The summed E-state index contributed by atoms with van der Waals surface area (Å²) in [6.07, 6.45) is 8.67. The van der Waals surface area contributed by atoms with Crippen LogP contribution in [-0.4, -0.2) is 26.7 Å². The molecule has 134 valence electrons. The summed E-state index contributed by atoms with van der Waals surface area (Å²) in [5.74, 6) is -0.0527. The summed E-state index contributed by atoms with van der Waals surface area (Å²) in [7, 11) is 0. The SMILES string of the molecule is O=C(NC1CCC(n2cccn2)CC1)c1csc(Cc2ccccc2)n1. The van der Waals surface area contributed by atoms with Crippen molar-refractivity contribution in [1.82, 2.24) is 20.1 Å². The number of nitrogens with one attached hydrogen (secondary N) is 1. The first-order valence-electron chi connectivity index (χ1n) is 9.06. The third-order valence-electron chi connectivity index (χ3n) is 4.91. The topological polar surface area (TPSA) is 59.8 Å². The van der Waals surface area contributed by atoms with E-state index in [1.807, 2.05) is 46.7 Å². The molecule has 6 heteroatoms. The molecule has 26 heavy (non-hydrogen) atoms. The largest absolute Gasteiger partial charge is 0.348 e. The van der Waals surface area contributed by atoms with Crippen molar-refractivity contribution in [3.05, 3.63) is 70.4 Å². The van der Waals surface area contributed by atoms with Crippen LogP contribution >= 0.6 is 11.3 Å². The molecule has 1 saturated carbocycles. The summed E-state index contributed by atoms with van der Waals surface area (Å²) in [5, 5.41) is 10.3. The number of hydrogen-bond donors (Lipinski definition) is 1. The van der Waals surface area contributed by atoms with Gasteiger partial charge in [-0.15, -0.1) is 11.3 Å². The third-order valence-corrected chi connectivity index (χ3v) is 5.76. The maximum atomic E-state index is 12.5. The molecule has 5 nitrogen and oxygen atoms in total. The summed E-state index contributed by atoms with van der Waals surface area (Å²) in [4.78, 5) is 17.0. The molecule has 0 atom stereocenters. The van der Waals surface area contributed by atoms with Crippen molar-refractivity contribution >= 4 is 17.2 Å². The zero-order chi connectivity index (χ0) is 17.8. The Morgan fingerprint density at radius 3 is 2.69 bits per heavy atom. The highest BCUT2D eigenvalue weighted by molar-refractivity contribution is 7.09. The first-order valence-corrected chi connectivity index (χ1v) is 9.94. The Kier molecular flexibility index (Phi) is 5.11. The fraction of sp³-hybridized carbons (Fsp3) is 0.350. The van der Waals surface area contributed by atoms with Gasteiger partial charge in [0.15, 0.2) is 0 Å². The maximum Gasteiger partial charge on any atom is 0.270 e. The number of rotatable bonds is 5. The van der Waals surface area contributed by atoms with Crippen molar-refractivity contribution in [3.63, 3.8) is 0 Å². The Morgan fingerprint density at radius 2 is 1.96 bits per heavy atom. The first-order chi connectivity index (χ1) is 12.8. The number of benzene rings is 1. The lowest BCUT2D eigenvalue weighted by molar-refractivity contribution is 0.0917. The van der Waals surface area contributed by atoms with Gasteiger partial charge in [0.1, 0.15) is 5.69 Å². The summed E-state index contributed by atoms with van der Waals surface area (Å²) >= 11 is 1.55. The fourth-order valence-corrected chi connectivity index (χ4v) is 4.32. The van der Waals surface area contributed by atoms with Crippen LogP contribution in [-0.2, 0) is 6.42 Å². The number of nitrogens with zero attached hydrogens (tertiary/aromatic N) is 3. The van der Waals surface area contributed by atoms with Gasteiger partial charge in [-0.1, -0.05) is 30.3 Å². The van der Waals surface area contributed by atoms with E-state index in [1.54, 1.807) is 11.3 Å². The fourth-order valence-electron chi connectivity index (χ4n) is 3.51. The van der Waals surface area contributed by atoms with E-state index in [-0.39, 0.29) is 11.9 Å². The minimum absolute atomic E-state index is 0.0527. The van der Waals surface area contributed by atoms with Crippen LogP contribution in [0.4, 0.5) is 0 Å². The second-order valence-corrected chi connectivity index (χ2v) is 7.70. The molecule has 1 N–H and O–H groups in total. The molecule has 0 radical (unpaired) electrons. The Labute approximate surface area is 157 Å². The highest BCUT2D eigenvalue weighted by Gasteiger charge is 2.24. The first kappa shape index (κ1) is 17.0. The van der Waals surface area contributed by atoms with Gasteiger partial charge in [-0.05, 0) is 37.3 Å². The van der Waals surface area contributed by atoms with Crippen molar-refractivity contribution in [2.75, 3.05) is 0 Å². The van der Waals surface area contributed by atoms with Gasteiger partial charge in [-0.25, -0.2) is 4.98 Å². The number of thiazole rings is 1. The monoisotopic (exact) mass is 366 g/mol. The van der Waals surface area contributed by atoms with Crippen molar-refractivity contribution in [2.45, 2.75) is 44.2 Å². The Morgan fingerprint density at radius 1 is 1.15 bits per heavy atom. The van der Waals surface area contributed by atoms with E-state index in [0.29, 0.717) is 11.7 Å². The molecule has 3 aromatic rings. The molecule has 2 aromatic heterocycles. The van der Waals surface area contributed by atoms with Crippen LogP contribution < -0.4 is 5.32 Å². The van der Waals surface area contributed by atoms with Gasteiger partial charge in [-0.2, -0.15) is 5.10 Å². The molecule has 0 spiro atoms. The van der Waals surface area contributed by atoms with Crippen LogP contribution in [0.15, 0.2) is 54.2 Å². The lowest BCUT2D eigenvalue weighted by atomic mass is 9.91. The molecule has 1 amide bonds. The normalized spacial score (nSPS) is 20.0. The van der Waals surface area contributed by atoms with Crippen LogP contribution in [0.1, 0.15) is 52.8 Å². The molecule has 0 saturated heterocycles. The maximum absolute atomic E-state index is 12.5. The lowest BCUT2D eigenvalue weighted by Gasteiger charge is -2.29. The van der Waals surface area contributed by atoms with Crippen molar-refractivity contribution < 1.29 is 4.79 Å². The second-order valence-electron chi connectivity index (χ2n) is 6.75. The van der Waals surface area contributed by atoms with Crippen molar-refractivity contribution in [2.24, 2.45) is 0 Å². The minimum Gasteiger partial charge on any atom is -0.348 e. The minimum atomic E-state index is -0.0527. The average molecular weight is 366 g/mol. The molecule has 2 heterocycles. The molecule has 1 fully saturated rings. The summed E-state index contributed by atoms with van der Waals surface area (Å²) in [6, 6.07) is 12.9. The van der Waals surface area contributed by atoms with E-state index in [2.05, 4.69) is 27.5 Å². The summed E-state index contributed by atoms with van der Waals surface area (Å²) in [5.41, 5.74) is 1.75. The van der Waals surface area contributed by atoms with Gasteiger partial charge in [0.25, 0.3) is 5.91 Å². The highest BCUT2D eigenvalue weighted by atomic mass is 32.1. The Balaban J connectivity index is 1.30. The van der Waals surface area contributed by atoms with Gasteiger partial charge >= 0.3 is 0 Å². The predicted octanol–water partition coefficient (Wildman–Crippen LogP) is 3.84. The number of aromatic nitrogens is 3. The van der Waals surface area contributed by atoms with Crippen molar-refractivity contribution in [3.8, 4) is 0 Å². The molecule has 1 aliphatic rings. The molecule has 1 aromatic carbocycles. The van der Waals surface area contributed by atoms with Gasteiger partial charge in [0, 0.05) is 30.2 Å². The van der Waals surface area contributed by atoms with Crippen LogP contribution in [0.2, 0.25) is 0 Å². The predicted molar refractivity (Wildman–Crippen MR) is 102 cm³/mol. The van der Waals surface area contributed by atoms with E-state index in [0.717, 1.165) is 37.1 Å². The molecule has 0 bridgehead atoms. The van der Waals surface area contributed by atoms with Gasteiger partial charge in [0.2, 0.25) is 0 Å². The smallest absolute Gasteiger partial charge is 0.270 e. The van der Waals surface area contributed by atoms with Gasteiger partial charge in [-0.3, -0.25) is 9.48 Å². The van der Waals surface area contributed by atoms with E-state index >= 15 is 0 Å². The standard InChI is InChI=1S/C20H22N4OS/c25-20(18-14-26-19(23-18)13-15-5-2-1-3-6-15)22-16-7-9-17(10-8-16)24-12-4-11-21-24/h1-6,11-12,14,16-17H,7-10,13H2,(H,22,25). The number of carbonyl (C=O) groups excluding carboxylic acids is 1. The lowest BCUT2D eigenvalue weighted by Crippen LogP contribution is -2.38. The summed E-state index contributed by atoms with van der Waals surface area (Å²) in [6.45, 7) is 0. The molecule has 1 aliphatic carbocycles. The Bertz CT molecular complexity index is 836. The highest BCUT2D eigenvalue weighted by Crippen LogP contribution is 2.28. The summed E-state index contributed by atoms with van der Waals surface area (Å²) < 4.78 is 2.04. The van der Waals surface area contributed by atoms with E-state index in [4.69, 9.17) is 0 Å². The average Bonchev–Trinajstić information content (AvgIpc) is 3.35. The Hall–Kier alpha value is -2.47. The molecule has 0 aliphatic heterocycles.